The Kier molecular flexibility index (Phi) is 3.94. The van der Waals surface area contributed by atoms with Gasteiger partial charge in [0.1, 0.15) is 11.5 Å². The van der Waals surface area contributed by atoms with Crippen LogP contribution in [-0.2, 0) is 9.59 Å². The van der Waals surface area contributed by atoms with Gasteiger partial charge in [-0.05, 0) is 53.6 Å². The minimum atomic E-state index is -0.139. The summed E-state index contributed by atoms with van der Waals surface area (Å²) in [4.78, 5) is 25.2. The van der Waals surface area contributed by atoms with Crippen molar-refractivity contribution in [2.45, 2.75) is 19.3 Å². The number of amides is 2. The molecule has 1 aliphatic rings. The summed E-state index contributed by atoms with van der Waals surface area (Å²) in [7, 11) is 0. The van der Waals surface area contributed by atoms with Crippen molar-refractivity contribution < 1.29 is 14.3 Å². The Balaban J connectivity index is 1.55. The molecule has 0 unspecified atom stereocenters. The van der Waals surface area contributed by atoms with E-state index in [9.17, 15) is 9.59 Å². The average Bonchev–Trinajstić information content (AvgIpc) is 2.63. The molecule has 0 bridgehead atoms. The van der Waals surface area contributed by atoms with E-state index in [1.807, 2.05) is 36.4 Å². The number of carbonyl (C=O) groups excluding carboxylic acids is 2. The summed E-state index contributed by atoms with van der Waals surface area (Å²) >= 11 is 0. The largest absolute Gasteiger partial charge is 0.457 e. The van der Waals surface area contributed by atoms with Crippen LogP contribution in [0, 0.1) is 0 Å². The number of benzene rings is 3. The zero-order valence-corrected chi connectivity index (χ0v) is 13.6. The zero-order valence-electron chi connectivity index (χ0n) is 13.6. The van der Waals surface area contributed by atoms with E-state index in [2.05, 4.69) is 6.07 Å². The number of nitrogens with zero attached hydrogens (tertiary/aromatic N) is 1. The number of fused-ring (bicyclic) bond motifs is 1. The third-order valence-electron chi connectivity index (χ3n) is 4.33. The van der Waals surface area contributed by atoms with Crippen LogP contribution in [-0.4, -0.2) is 11.8 Å². The van der Waals surface area contributed by atoms with Crippen LogP contribution < -0.4 is 9.64 Å². The van der Waals surface area contributed by atoms with Gasteiger partial charge in [-0.25, -0.2) is 0 Å². The van der Waals surface area contributed by atoms with Crippen LogP contribution in [0.25, 0.3) is 10.8 Å². The molecule has 0 atom stereocenters. The Morgan fingerprint density at radius 3 is 2.08 bits per heavy atom. The first-order chi connectivity index (χ1) is 12.2. The molecule has 0 aromatic heterocycles. The van der Waals surface area contributed by atoms with E-state index >= 15 is 0 Å². The van der Waals surface area contributed by atoms with Gasteiger partial charge in [0, 0.05) is 12.8 Å². The number of hydrogen-bond acceptors (Lipinski definition) is 3. The van der Waals surface area contributed by atoms with Crippen molar-refractivity contribution in [3.05, 3.63) is 66.7 Å². The molecule has 0 aliphatic carbocycles. The Morgan fingerprint density at radius 2 is 1.36 bits per heavy atom. The fourth-order valence-electron chi connectivity index (χ4n) is 3.07. The normalized spacial score (nSPS) is 14.8. The maximum absolute atomic E-state index is 12.0. The van der Waals surface area contributed by atoms with Crippen LogP contribution in [0.1, 0.15) is 19.3 Å². The van der Waals surface area contributed by atoms with E-state index in [1.165, 1.54) is 4.90 Å². The molecule has 3 aromatic carbocycles. The van der Waals surface area contributed by atoms with Gasteiger partial charge in [-0.15, -0.1) is 0 Å². The van der Waals surface area contributed by atoms with Gasteiger partial charge in [0.25, 0.3) is 0 Å². The molecule has 4 heteroatoms. The lowest BCUT2D eigenvalue weighted by atomic mass is 10.1. The summed E-state index contributed by atoms with van der Waals surface area (Å²) in [6.45, 7) is 0. The van der Waals surface area contributed by atoms with Crippen molar-refractivity contribution in [3.63, 3.8) is 0 Å². The van der Waals surface area contributed by atoms with Crippen LogP contribution in [0.5, 0.6) is 11.5 Å². The summed E-state index contributed by atoms with van der Waals surface area (Å²) in [6, 6.07) is 21.1. The molecule has 1 aliphatic heterocycles. The van der Waals surface area contributed by atoms with Crippen LogP contribution in [0.2, 0.25) is 0 Å². The number of piperidine rings is 1. The molecule has 1 fully saturated rings. The van der Waals surface area contributed by atoms with Crippen molar-refractivity contribution in [2.24, 2.45) is 0 Å². The van der Waals surface area contributed by atoms with Crippen LogP contribution in [0.3, 0.4) is 0 Å². The molecule has 0 N–H and O–H groups in total. The summed E-state index contributed by atoms with van der Waals surface area (Å²) < 4.78 is 5.89. The molecular formula is C21H17NO3. The SMILES string of the molecule is O=C1CCCC(=O)N1c1ccc(Oc2ccc3ccccc3c2)cc1. The first kappa shape index (κ1) is 15.4. The van der Waals surface area contributed by atoms with E-state index in [0.717, 1.165) is 16.5 Å². The maximum atomic E-state index is 12.0. The van der Waals surface area contributed by atoms with Gasteiger partial charge in [-0.3, -0.25) is 14.5 Å². The first-order valence-corrected chi connectivity index (χ1v) is 8.33. The van der Waals surface area contributed by atoms with E-state index in [0.29, 0.717) is 30.7 Å². The van der Waals surface area contributed by atoms with Crippen molar-refractivity contribution in [1.82, 2.24) is 0 Å². The fraction of sp³-hybridized carbons (Fsp3) is 0.143. The number of ether oxygens (including phenoxy) is 1. The highest BCUT2D eigenvalue weighted by Crippen LogP contribution is 2.28. The molecule has 4 rings (SSSR count). The van der Waals surface area contributed by atoms with Gasteiger partial charge in [-0.1, -0.05) is 30.3 Å². The molecule has 0 radical (unpaired) electrons. The topological polar surface area (TPSA) is 46.6 Å². The highest BCUT2D eigenvalue weighted by atomic mass is 16.5. The van der Waals surface area contributed by atoms with Crippen molar-refractivity contribution in [3.8, 4) is 11.5 Å². The molecule has 1 heterocycles. The Hall–Kier alpha value is -3.14. The van der Waals surface area contributed by atoms with E-state index in [-0.39, 0.29) is 11.8 Å². The molecular weight excluding hydrogens is 314 g/mol. The van der Waals surface area contributed by atoms with Gasteiger partial charge >= 0.3 is 0 Å². The van der Waals surface area contributed by atoms with Crippen molar-refractivity contribution in [1.29, 1.82) is 0 Å². The van der Waals surface area contributed by atoms with Crippen LogP contribution in [0.4, 0.5) is 5.69 Å². The van der Waals surface area contributed by atoms with Gasteiger partial charge in [0.2, 0.25) is 11.8 Å². The molecule has 124 valence electrons. The second kappa shape index (κ2) is 6.40. The number of hydrogen-bond donors (Lipinski definition) is 0. The Morgan fingerprint density at radius 1 is 0.720 bits per heavy atom. The molecule has 25 heavy (non-hydrogen) atoms. The quantitative estimate of drug-likeness (QED) is 0.655. The molecule has 2 amide bonds. The average molecular weight is 331 g/mol. The molecule has 4 nitrogen and oxygen atoms in total. The lowest BCUT2D eigenvalue weighted by Crippen LogP contribution is -2.40. The smallest absolute Gasteiger partial charge is 0.233 e. The predicted molar refractivity (Wildman–Crippen MR) is 96.8 cm³/mol. The summed E-state index contributed by atoms with van der Waals surface area (Å²) in [6.07, 6.45) is 1.47. The molecule has 0 saturated carbocycles. The van der Waals surface area contributed by atoms with Crippen molar-refractivity contribution >= 4 is 28.3 Å². The second-order valence-corrected chi connectivity index (χ2v) is 6.08. The first-order valence-electron chi connectivity index (χ1n) is 8.33. The van der Waals surface area contributed by atoms with Gasteiger partial charge in [0.05, 0.1) is 5.69 Å². The van der Waals surface area contributed by atoms with E-state index in [4.69, 9.17) is 4.74 Å². The number of anilines is 1. The summed E-state index contributed by atoms with van der Waals surface area (Å²) in [5.41, 5.74) is 0.598. The second-order valence-electron chi connectivity index (χ2n) is 6.08. The Labute approximate surface area is 145 Å². The van der Waals surface area contributed by atoms with Crippen LogP contribution >= 0.6 is 0 Å². The summed E-state index contributed by atoms with van der Waals surface area (Å²) in [5, 5.41) is 2.27. The number of rotatable bonds is 3. The zero-order chi connectivity index (χ0) is 17.2. The van der Waals surface area contributed by atoms with E-state index in [1.54, 1.807) is 24.3 Å². The minimum Gasteiger partial charge on any atom is -0.457 e. The standard InChI is InChI=1S/C21H17NO3/c23-20-6-3-7-21(24)22(20)17-9-12-18(13-10-17)25-19-11-8-15-4-1-2-5-16(15)14-19/h1-2,4-5,8-14H,3,6-7H2. The lowest BCUT2D eigenvalue weighted by molar-refractivity contribution is -0.129. The molecule has 0 spiro atoms. The van der Waals surface area contributed by atoms with Crippen LogP contribution in [0.15, 0.2) is 66.7 Å². The molecule has 1 saturated heterocycles. The van der Waals surface area contributed by atoms with E-state index < -0.39 is 0 Å². The predicted octanol–water partition coefficient (Wildman–Crippen LogP) is 4.68. The Bertz CT molecular complexity index is 931. The van der Waals surface area contributed by atoms with Gasteiger partial charge in [0.15, 0.2) is 0 Å². The summed E-state index contributed by atoms with van der Waals surface area (Å²) in [5.74, 6) is 1.13. The maximum Gasteiger partial charge on any atom is 0.233 e. The molecule has 3 aromatic rings. The number of carbonyl (C=O) groups is 2. The van der Waals surface area contributed by atoms with Crippen molar-refractivity contribution in [2.75, 3.05) is 4.90 Å². The van der Waals surface area contributed by atoms with Gasteiger partial charge < -0.3 is 4.74 Å². The highest BCUT2D eigenvalue weighted by molar-refractivity contribution is 6.16. The number of imide groups is 1. The lowest BCUT2D eigenvalue weighted by Gasteiger charge is -2.24. The highest BCUT2D eigenvalue weighted by Gasteiger charge is 2.27. The third kappa shape index (κ3) is 3.11. The third-order valence-corrected chi connectivity index (χ3v) is 4.33. The monoisotopic (exact) mass is 331 g/mol. The van der Waals surface area contributed by atoms with Gasteiger partial charge in [-0.2, -0.15) is 0 Å². The minimum absolute atomic E-state index is 0.139. The fourth-order valence-corrected chi connectivity index (χ4v) is 3.07.